The van der Waals surface area contributed by atoms with Crippen LogP contribution in [0.2, 0.25) is 0 Å². The molecule has 0 atom stereocenters. The second-order valence-corrected chi connectivity index (χ2v) is 7.11. The predicted octanol–water partition coefficient (Wildman–Crippen LogP) is 0.405. The van der Waals surface area contributed by atoms with E-state index in [1.807, 2.05) is 12.1 Å². The Labute approximate surface area is 124 Å². The van der Waals surface area contributed by atoms with Crippen molar-refractivity contribution in [1.29, 1.82) is 0 Å². The minimum Gasteiger partial charge on any atom is -0.493 e. The van der Waals surface area contributed by atoms with E-state index in [1.54, 1.807) is 7.11 Å². The molecule has 7 nitrogen and oxygen atoms in total. The lowest BCUT2D eigenvalue weighted by molar-refractivity contribution is 0.171. The molecule has 8 heteroatoms. The van der Waals surface area contributed by atoms with Gasteiger partial charge < -0.3 is 19.5 Å². The van der Waals surface area contributed by atoms with Crippen LogP contribution in [-0.2, 0) is 16.6 Å². The zero-order valence-corrected chi connectivity index (χ0v) is 13.2. The molecule has 1 aliphatic heterocycles. The first kappa shape index (κ1) is 15.9. The monoisotopic (exact) mass is 316 g/mol. The lowest BCUT2D eigenvalue weighted by Gasteiger charge is -2.12. The van der Waals surface area contributed by atoms with Crippen LogP contribution in [0.3, 0.4) is 0 Å². The fourth-order valence-electron chi connectivity index (χ4n) is 1.90. The van der Waals surface area contributed by atoms with Crippen molar-refractivity contribution >= 4 is 10.0 Å². The zero-order valence-electron chi connectivity index (χ0n) is 12.4. The maximum absolute atomic E-state index is 11.6. The van der Waals surface area contributed by atoms with Gasteiger partial charge in [-0.1, -0.05) is 0 Å². The lowest BCUT2D eigenvalue weighted by Crippen LogP contribution is -2.31. The first-order valence-corrected chi connectivity index (χ1v) is 8.12. The third-order valence-corrected chi connectivity index (χ3v) is 4.97. The number of nitrogens with zero attached hydrogens (tertiary/aromatic N) is 1. The van der Waals surface area contributed by atoms with Gasteiger partial charge in [0.05, 0.1) is 12.9 Å². The highest BCUT2D eigenvalue weighted by Crippen LogP contribution is 2.41. The fourth-order valence-corrected chi connectivity index (χ4v) is 2.67. The SMILES string of the molecule is COc1cc(CNCCS(=O)(=O)N(C)C)cc2c1OCO2. The Morgan fingerprint density at radius 3 is 2.76 bits per heavy atom. The summed E-state index contributed by atoms with van der Waals surface area (Å²) >= 11 is 0. The molecule has 0 unspecified atom stereocenters. The maximum Gasteiger partial charge on any atom is 0.231 e. The minimum atomic E-state index is -3.17. The summed E-state index contributed by atoms with van der Waals surface area (Å²) in [6.07, 6.45) is 0. The summed E-state index contributed by atoms with van der Waals surface area (Å²) in [6, 6.07) is 3.71. The highest BCUT2D eigenvalue weighted by atomic mass is 32.2. The average molecular weight is 316 g/mol. The molecule has 1 N–H and O–H groups in total. The summed E-state index contributed by atoms with van der Waals surface area (Å²) in [6.45, 7) is 1.08. The van der Waals surface area contributed by atoms with Crippen LogP contribution in [-0.4, -0.2) is 53.0 Å². The van der Waals surface area contributed by atoms with Crippen molar-refractivity contribution in [3.63, 3.8) is 0 Å². The van der Waals surface area contributed by atoms with E-state index in [-0.39, 0.29) is 12.5 Å². The van der Waals surface area contributed by atoms with Gasteiger partial charge in [-0.3, -0.25) is 0 Å². The van der Waals surface area contributed by atoms with E-state index < -0.39 is 10.0 Å². The van der Waals surface area contributed by atoms with Crippen LogP contribution in [0.25, 0.3) is 0 Å². The summed E-state index contributed by atoms with van der Waals surface area (Å²) in [4.78, 5) is 0. The number of ether oxygens (including phenoxy) is 3. The van der Waals surface area contributed by atoms with Crippen LogP contribution < -0.4 is 19.5 Å². The number of sulfonamides is 1. The second-order valence-electron chi connectivity index (χ2n) is 4.81. The summed E-state index contributed by atoms with van der Waals surface area (Å²) in [7, 11) is 1.45. The maximum atomic E-state index is 11.6. The van der Waals surface area contributed by atoms with Crippen LogP contribution in [0.1, 0.15) is 5.56 Å². The Morgan fingerprint density at radius 1 is 1.33 bits per heavy atom. The summed E-state index contributed by atoms with van der Waals surface area (Å²) in [5, 5.41) is 3.10. The van der Waals surface area contributed by atoms with Gasteiger partial charge in [-0.15, -0.1) is 0 Å². The topological polar surface area (TPSA) is 77.1 Å². The fraction of sp³-hybridized carbons (Fsp3) is 0.538. The Hall–Kier alpha value is -1.51. The van der Waals surface area contributed by atoms with E-state index in [9.17, 15) is 8.42 Å². The molecular formula is C13H20N2O5S. The van der Waals surface area contributed by atoms with Gasteiger partial charge >= 0.3 is 0 Å². The van der Waals surface area contributed by atoms with Gasteiger partial charge in [0, 0.05) is 27.2 Å². The van der Waals surface area contributed by atoms with Crippen LogP contribution >= 0.6 is 0 Å². The van der Waals surface area contributed by atoms with Crippen LogP contribution in [0, 0.1) is 0 Å². The smallest absolute Gasteiger partial charge is 0.231 e. The quantitative estimate of drug-likeness (QED) is 0.734. The zero-order chi connectivity index (χ0) is 15.5. The molecule has 0 fully saturated rings. The average Bonchev–Trinajstić information content (AvgIpc) is 2.90. The van der Waals surface area contributed by atoms with Crippen molar-refractivity contribution in [3.05, 3.63) is 17.7 Å². The molecule has 0 saturated carbocycles. The molecular weight excluding hydrogens is 296 g/mol. The Balaban J connectivity index is 1.93. The van der Waals surface area contributed by atoms with Crippen molar-refractivity contribution in [2.24, 2.45) is 0 Å². The normalized spacial score (nSPS) is 13.7. The standard InChI is InChI=1S/C13H20N2O5S/c1-15(2)21(16,17)5-4-14-8-10-6-11(18-3)13-12(7-10)19-9-20-13/h6-7,14H,4-5,8-9H2,1-3H3. The highest BCUT2D eigenvalue weighted by Gasteiger charge is 2.20. The molecule has 2 rings (SSSR count). The molecule has 0 bridgehead atoms. The van der Waals surface area contributed by atoms with Gasteiger partial charge in [-0.25, -0.2) is 12.7 Å². The minimum absolute atomic E-state index is 0.0572. The molecule has 1 heterocycles. The molecule has 0 amide bonds. The Kier molecular flexibility index (Phi) is 4.92. The molecule has 0 saturated heterocycles. The number of benzene rings is 1. The van der Waals surface area contributed by atoms with Gasteiger partial charge in [0.1, 0.15) is 0 Å². The molecule has 1 aromatic rings. The van der Waals surface area contributed by atoms with Gasteiger partial charge in [0.2, 0.25) is 22.6 Å². The number of rotatable bonds is 7. The van der Waals surface area contributed by atoms with Crippen molar-refractivity contribution < 1.29 is 22.6 Å². The molecule has 0 radical (unpaired) electrons. The molecule has 0 spiro atoms. The highest BCUT2D eigenvalue weighted by molar-refractivity contribution is 7.89. The summed E-state index contributed by atoms with van der Waals surface area (Å²) < 4.78 is 40.4. The largest absolute Gasteiger partial charge is 0.493 e. The number of hydrogen-bond donors (Lipinski definition) is 1. The van der Waals surface area contributed by atoms with Crippen molar-refractivity contribution in [3.8, 4) is 17.2 Å². The van der Waals surface area contributed by atoms with Crippen LogP contribution in [0.15, 0.2) is 12.1 Å². The van der Waals surface area contributed by atoms with Crippen LogP contribution in [0.5, 0.6) is 17.2 Å². The van der Waals surface area contributed by atoms with Crippen molar-refractivity contribution in [1.82, 2.24) is 9.62 Å². The molecule has 1 aromatic carbocycles. The van der Waals surface area contributed by atoms with Gasteiger partial charge in [-0.2, -0.15) is 0 Å². The number of methoxy groups -OCH3 is 1. The molecule has 1 aliphatic rings. The van der Waals surface area contributed by atoms with Gasteiger partial charge in [0.25, 0.3) is 0 Å². The van der Waals surface area contributed by atoms with Crippen molar-refractivity contribution in [2.75, 3.05) is 40.3 Å². The number of hydrogen-bond acceptors (Lipinski definition) is 6. The molecule has 0 aromatic heterocycles. The van der Waals surface area contributed by atoms with E-state index in [4.69, 9.17) is 14.2 Å². The predicted molar refractivity (Wildman–Crippen MR) is 78.3 cm³/mol. The first-order valence-electron chi connectivity index (χ1n) is 6.51. The second kappa shape index (κ2) is 6.50. The third-order valence-electron chi connectivity index (χ3n) is 3.14. The van der Waals surface area contributed by atoms with E-state index in [0.29, 0.717) is 30.3 Å². The lowest BCUT2D eigenvalue weighted by atomic mass is 10.2. The van der Waals surface area contributed by atoms with E-state index in [1.165, 1.54) is 18.4 Å². The molecule has 118 valence electrons. The van der Waals surface area contributed by atoms with Gasteiger partial charge in [-0.05, 0) is 17.7 Å². The molecule has 21 heavy (non-hydrogen) atoms. The molecule has 0 aliphatic carbocycles. The van der Waals surface area contributed by atoms with Crippen molar-refractivity contribution in [2.45, 2.75) is 6.54 Å². The van der Waals surface area contributed by atoms with E-state index >= 15 is 0 Å². The van der Waals surface area contributed by atoms with E-state index in [2.05, 4.69) is 5.32 Å². The summed E-state index contributed by atoms with van der Waals surface area (Å²) in [5.74, 6) is 1.92. The summed E-state index contributed by atoms with van der Waals surface area (Å²) in [5.41, 5.74) is 0.943. The van der Waals surface area contributed by atoms with Crippen LogP contribution in [0.4, 0.5) is 0 Å². The first-order chi connectivity index (χ1) is 9.94. The Morgan fingerprint density at radius 2 is 2.10 bits per heavy atom. The number of fused-ring (bicyclic) bond motifs is 1. The Bertz CT molecular complexity index is 601. The third kappa shape index (κ3) is 3.78. The number of nitrogens with one attached hydrogen (secondary N) is 1. The van der Waals surface area contributed by atoms with Gasteiger partial charge in [0.15, 0.2) is 11.5 Å². The van der Waals surface area contributed by atoms with E-state index in [0.717, 1.165) is 5.56 Å².